The van der Waals surface area contributed by atoms with E-state index >= 15 is 0 Å². The van der Waals surface area contributed by atoms with Gasteiger partial charge in [0.15, 0.2) is 0 Å². The summed E-state index contributed by atoms with van der Waals surface area (Å²) < 4.78 is 11.0. The fourth-order valence-corrected chi connectivity index (χ4v) is 2.55. The van der Waals surface area contributed by atoms with Crippen LogP contribution < -0.4 is 4.74 Å². The molecule has 0 aliphatic rings. The molecule has 122 valence electrons. The molecule has 3 heteroatoms. The minimum absolute atomic E-state index is 0.169. The number of hydrogen-bond acceptors (Lipinski definition) is 3. The normalized spacial score (nSPS) is 10.4. The number of carbonyl (C=O) groups is 1. The number of ether oxygens (including phenoxy) is 2. The lowest BCUT2D eigenvalue weighted by Crippen LogP contribution is -2.07. The van der Waals surface area contributed by atoms with Crippen molar-refractivity contribution < 1.29 is 14.3 Å². The van der Waals surface area contributed by atoms with Gasteiger partial charge in [-0.15, -0.1) is 0 Å². The van der Waals surface area contributed by atoms with Crippen LogP contribution >= 0.6 is 0 Å². The van der Waals surface area contributed by atoms with Crippen molar-refractivity contribution in [3.05, 3.63) is 64.7 Å². The molecule has 0 amide bonds. The number of esters is 1. The minimum Gasteiger partial charge on any atom is -0.489 e. The van der Waals surface area contributed by atoms with Crippen LogP contribution in [0, 0.1) is 13.8 Å². The van der Waals surface area contributed by atoms with Gasteiger partial charge >= 0.3 is 5.97 Å². The van der Waals surface area contributed by atoms with Gasteiger partial charge in [-0.25, -0.2) is 0 Å². The third-order valence-electron chi connectivity index (χ3n) is 3.89. The summed E-state index contributed by atoms with van der Waals surface area (Å²) in [6, 6.07) is 14.1. The Hall–Kier alpha value is -2.29. The fraction of sp³-hybridized carbons (Fsp3) is 0.350. The highest BCUT2D eigenvalue weighted by Crippen LogP contribution is 2.22. The number of benzene rings is 2. The van der Waals surface area contributed by atoms with Gasteiger partial charge in [-0.2, -0.15) is 0 Å². The monoisotopic (exact) mass is 312 g/mol. The zero-order valence-corrected chi connectivity index (χ0v) is 14.1. The van der Waals surface area contributed by atoms with Crippen LogP contribution in [-0.4, -0.2) is 12.6 Å². The highest BCUT2D eigenvalue weighted by atomic mass is 16.5. The van der Waals surface area contributed by atoms with E-state index in [0.717, 1.165) is 11.3 Å². The third kappa shape index (κ3) is 4.85. The van der Waals surface area contributed by atoms with Gasteiger partial charge in [0.2, 0.25) is 0 Å². The molecule has 0 saturated heterocycles. The first-order valence-corrected chi connectivity index (χ1v) is 8.03. The molecule has 2 aromatic carbocycles. The van der Waals surface area contributed by atoms with Crippen molar-refractivity contribution in [1.29, 1.82) is 0 Å². The Kier molecular flexibility index (Phi) is 6.21. The number of aryl methyl sites for hydroxylation is 3. The first kappa shape index (κ1) is 17.1. The summed E-state index contributed by atoms with van der Waals surface area (Å²) >= 11 is 0. The van der Waals surface area contributed by atoms with Crippen molar-refractivity contribution in [3.63, 3.8) is 0 Å². The lowest BCUT2D eigenvalue weighted by molar-refractivity contribution is -0.143. The van der Waals surface area contributed by atoms with Crippen LogP contribution in [0.25, 0.3) is 0 Å². The van der Waals surface area contributed by atoms with Crippen LogP contribution in [0.2, 0.25) is 0 Å². The van der Waals surface area contributed by atoms with E-state index in [4.69, 9.17) is 9.47 Å². The van der Waals surface area contributed by atoms with E-state index < -0.39 is 0 Å². The zero-order chi connectivity index (χ0) is 16.7. The molecule has 0 spiro atoms. The lowest BCUT2D eigenvalue weighted by atomic mass is 10.0. The van der Waals surface area contributed by atoms with Crippen LogP contribution in [0.4, 0.5) is 0 Å². The summed E-state index contributed by atoms with van der Waals surface area (Å²) in [6.45, 7) is 6.97. The fourth-order valence-electron chi connectivity index (χ4n) is 2.55. The Balaban J connectivity index is 2.04. The molecule has 2 rings (SSSR count). The van der Waals surface area contributed by atoms with Crippen LogP contribution in [0.3, 0.4) is 0 Å². The van der Waals surface area contributed by atoms with Gasteiger partial charge < -0.3 is 9.47 Å². The van der Waals surface area contributed by atoms with Gasteiger partial charge in [0.25, 0.3) is 0 Å². The van der Waals surface area contributed by atoms with Gasteiger partial charge in [-0.05, 0) is 55.5 Å². The van der Waals surface area contributed by atoms with Crippen LogP contribution in [-0.2, 0) is 22.6 Å². The molecule has 0 heterocycles. The maximum atomic E-state index is 11.5. The smallest absolute Gasteiger partial charge is 0.306 e. The second kappa shape index (κ2) is 8.37. The molecule has 0 aromatic heterocycles. The van der Waals surface area contributed by atoms with Gasteiger partial charge in [0.05, 0.1) is 6.61 Å². The molecule has 0 unspecified atom stereocenters. The first-order chi connectivity index (χ1) is 11.1. The second-order valence-electron chi connectivity index (χ2n) is 5.57. The Morgan fingerprint density at radius 1 is 1.00 bits per heavy atom. The summed E-state index contributed by atoms with van der Waals surface area (Å²) in [5.41, 5.74) is 4.71. The number of carbonyl (C=O) groups excluding carboxylic acids is 1. The van der Waals surface area contributed by atoms with E-state index in [1.54, 1.807) is 0 Å². The molecule has 0 radical (unpaired) electrons. The third-order valence-corrected chi connectivity index (χ3v) is 3.89. The van der Waals surface area contributed by atoms with Crippen molar-refractivity contribution in [3.8, 4) is 5.75 Å². The highest BCUT2D eigenvalue weighted by molar-refractivity contribution is 5.69. The summed E-state index contributed by atoms with van der Waals surface area (Å²) in [7, 11) is 0. The Morgan fingerprint density at radius 2 is 1.70 bits per heavy atom. The SMILES string of the molecule is CCOC(=O)CCc1ccccc1OCc1c(C)cccc1C. The molecule has 0 fully saturated rings. The van der Waals surface area contributed by atoms with Crippen LogP contribution in [0.5, 0.6) is 5.75 Å². The molecule has 0 saturated carbocycles. The van der Waals surface area contributed by atoms with E-state index in [9.17, 15) is 4.79 Å². The van der Waals surface area contributed by atoms with Gasteiger partial charge in [-0.1, -0.05) is 36.4 Å². The molecule has 0 bridgehead atoms. The molecular weight excluding hydrogens is 288 g/mol. The highest BCUT2D eigenvalue weighted by Gasteiger charge is 2.09. The molecule has 23 heavy (non-hydrogen) atoms. The van der Waals surface area contributed by atoms with E-state index in [1.165, 1.54) is 16.7 Å². The Morgan fingerprint density at radius 3 is 2.39 bits per heavy atom. The minimum atomic E-state index is -0.169. The first-order valence-electron chi connectivity index (χ1n) is 8.03. The molecule has 2 aromatic rings. The summed E-state index contributed by atoms with van der Waals surface area (Å²) in [5.74, 6) is 0.663. The van der Waals surface area contributed by atoms with Crippen molar-refractivity contribution in [2.45, 2.75) is 40.2 Å². The standard InChI is InChI=1S/C20H24O3/c1-4-22-20(21)13-12-17-10-5-6-11-19(17)23-14-18-15(2)8-7-9-16(18)3/h5-11H,4,12-14H2,1-3H3. The van der Waals surface area contributed by atoms with E-state index in [2.05, 4.69) is 32.0 Å². The van der Waals surface area contributed by atoms with Gasteiger partial charge in [0, 0.05) is 6.42 Å². The molecule has 3 nitrogen and oxygen atoms in total. The zero-order valence-electron chi connectivity index (χ0n) is 14.1. The molecule has 0 atom stereocenters. The Labute approximate surface area is 138 Å². The van der Waals surface area contributed by atoms with Crippen molar-refractivity contribution in [1.82, 2.24) is 0 Å². The number of hydrogen-bond donors (Lipinski definition) is 0. The van der Waals surface area contributed by atoms with E-state index in [-0.39, 0.29) is 5.97 Å². The topological polar surface area (TPSA) is 35.5 Å². The maximum absolute atomic E-state index is 11.5. The van der Waals surface area contributed by atoms with Crippen molar-refractivity contribution >= 4 is 5.97 Å². The number of rotatable bonds is 7. The van der Waals surface area contributed by atoms with Crippen LogP contribution in [0.1, 0.15) is 35.6 Å². The predicted octanol–water partition coefficient (Wildman–Crippen LogP) is 4.38. The van der Waals surface area contributed by atoms with Gasteiger partial charge in [-0.3, -0.25) is 4.79 Å². The quantitative estimate of drug-likeness (QED) is 0.712. The van der Waals surface area contributed by atoms with Crippen molar-refractivity contribution in [2.24, 2.45) is 0 Å². The molecular formula is C20H24O3. The van der Waals surface area contributed by atoms with Gasteiger partial charge in [0.1, 0.15) is 12.4 Å². The average molecular weight is 312 g/mol. The second-order valence-corrected chi connectivity index (χ2v) is 5.57. The molecule has 0 aliphatic heterocycles. The van der Waals surface area contributed by atoms with Crippen LogP contribution in [0.15, 0.2) is 42.5 Å². The van der Waals surface area contributed by atoms with E-state index in [1.807, 2.05) is 31.2 Å². The average Bonchev–Trinajstić information content (AvgIpc) is 2.53. The summed E-state index contributed by atoms with van der Waals surface area (Å²) in [4.78, 5) is 11.5. The van der Waals surface area contributed by atoms with E-state index in [0.29, 0.717) is 26.1 Å². The predicted molar refractivity (Wildman–Crippen MR) is 91.6 cm³/mol. The van der Waals surface area contributed by atoms with Crippen molar-refractivity contribution in [2.75, 3.05) is 6.61 Å². The molecule has 0 aliphatic carbocycles. The summed E-state index contributed by atoms with van der Waals surface area (Å²) in [6.07, 6.45) is 0.999. The number of para-hydroxylation sites is 1. The summed E-state index contributed by atoms with van der Waals surface area (Å²) in [5, 5.41) is 0. The molecule has 0 N–H and O–H groups in total. The lowest BCUT2D eigenvalue weighted by Gasteiger charge is -2.14. The largest absolute Gasteiger partial charge is 0.489 e. The Bertz CT molecular complexity index is 641. The maximum Gasteiger partial charge on any atom is 0.306 e.